The van der Waals surface area contributed by atoms with Crippen LogP contribution in [0.2, 0.25) is 5.02 Å². The lowest BCUT2D eigenvalue weighted by Crippen LogP contribution is -2.17. The molecule has 0 bridgehead atoms. The third-order valence-corrected chi connectivity index (χ3v) is 2.96. The normalized spacial score (nSPS) is 11.7. The van der Waals surface area contributed by atoms with E-state index in [0.717, 1.165) is 6.07 Å². The molecule has 0 fully saturated rings. The number of hydrogen-bond acceptors (Lipinski definition) is 4. The lowest BCUT2D eigenvalue weighted by molar-refractivity contribution is 0.0587. The highest BCUT2D eigenvalue weighted by Gasteiger charge is 2.40. The van der Waals surface area contributed by atoms with Crippen LogP contribution in [0.4, 0.5) is 13.2 Å². The number of nitrogens with zero attached hydrogens (tertiary/aromatic N) is 1. The number of carbonyl (C=O) groups excluding carboxylic acids is 1. The molecule has 2 rings (SSSR count). The number of primary amides is 1. The van der Waals surface area contributed by atoms with Gasteiger partial charge in [0, 0.05) is 5.56 Å². The Labute approximate surface area is 125 Å². The minimum absolute atomic E-state index is 0.316. The zero-order valence-electron chi connectivity index (χ0n) is 9.83. The number of carbonyl (C=O) groups is 1. The number of phenols is 1. The molecule has 0 saturated heterocycles. The van der Waals surface area contributed by atoms with Gasteiger partial charge in [0.1, 0.15) is 22.8 Å². The van der Waals surface area contributed by atoms with Crippen LogP contribution in [0.1, 0.15) is 16.1 Å². The van der Waals surface area contributed by atoms with Gasteiger partial charge in [-0.1, -0.05) is 16.8 Å². The van der Waals surface area contributed by atoms with Crippen molar-refractivity contribution in [1.82, 2.24) is 5.16 Å². The number of rotatable bonds is 3. The molecule has 1 amide bonds. The van der Waals surface area contributed by atoms with Gasteiger partial charge in [-0.2, -0.15) is 8.78 Å². The molecule has 0 aliphatic carbocycles. The number of aromatic nitrogens is 1. The van der Waals surface area contributed by atoms with E-state index >= 15 is 0 Å². The number of hydrogen-bond donors (Lipinski definition) is 2. The number of benzene rings is 1. The van der Waals surface area contributed by atoms with E-state index in [0.29, 0.717) is 6.07 Å². The summed E-state index contributed by atoms with van der Waals surface area (Å²) in [6.45, 7) is 0. The van der Waals surface area contributed by atoms with Crippen LogP contribution in [0.15, 0.2) is 16.7 Å². The maximum Gasteiger partial charge on any atom is 0.383 e. The number of halogens is 5. The Morgan fingerprint density at radius 3 is 2.57 bits per heavy atom. The molecule has 2 aromatic rings. The molecule has 10 heteroatoms. The van der Waals surface area contributed by atoms with E-state index in [1.807, 2.05) is 0 Å². The second-order valence-electron chi connectivity index (χ2n) is 3.88. The van der Waals surface area contributed by atoms with E-state index in [1.54, 1.807) is 0 Å². The molecule has 1 aromatic carbocycles. The quantitative estimate of drug-likeness (QED) is 0.839. The lowest BCUT2D eigenvalue weighted by Gasteiger charge is -2.06. The molecular weight excluding hydrogens is 336 g/mol. The molecule has 0 radical (unpaired) electrons. The van der Waals surface area contributed by atoms with Gasteiger partial charge in [-0.15, -0.1) is 0 Å². The van der Waals surface area contributed by atoms with Crippen molar-refractivity contribution in [3.05, 3.63) is 34.3 Å². The van der Waals surface area contributed by atoms with Crippen LogP contribution in [-0.2, 0) is 5.38 Å². The van der Waals surface area contributed by atoms with E-state index in [9.17, 15) is 23.1 Å². The molecule has 0 unspecified atom stereocenters. The largest absolute Gasteiger partial charge is 0.506 e. The van der Waals surface area contributed by atoms with Crippen LogP contribution < -0.4 is 5.73 Å². The Hall–Kier alpha value is -1.93. The number of nitrogens with two attached hydrogens (primary N) is 1. The van der Waals surface area contributed by atoms with Gasteiger partial charge in [0.05, 0.1) is 5.02 Å². The Morgan fingerprint density at radius 1 is 1.43 bits per heavy atom. The van der Waals surface area contributed by atoms with Crippen molar-refractivity contribution in [1.29, 1.82) is 0 Å². The summed E-state index contributed by atoms with van der Waals surface area (Å²) in [4.78, 5) is 11.3. The minimum atomic E-state index is -4.07. The Kier molecular flexibility index (Phi) is 3.77. The van der Waals surface area contributed by atoms with Crippen LogP contribution >= 0.6 is 23.2 Å². The molecule has 1 heterocycles. The van der Waals surface area contributed by atoms with E-state index in [2.05, 4.69) is 9.68 Å². The molecular formula is C11H5Cl2F3N2O3. The first kappa shape index (κ1) is 15.5. The van der Waals surface area contributed by atoms with E-state index in [4.69, 9.17) is 28.9 Å². The Balaban J connectivity index is 2.74. The second kappa shape index (κ2) is 5.12. The number of alkyl halides is 3. The molecule has 5 nitrogen and oxygen atoms in total. The van der Waals surface area contributed by atoms with Crippen LogP contribution in [0.3, 0.4) is 0 Å². The van der Waals surface area contributed by atoms with Crippen LogP contribution in [0.5, 0.6) is 5.75 Å². The van der Waals surface area contributed by atoms with Crippen molar-refractivity contribution < 1.29 is 27.6 Å². The monoisotopic (exact) mass is 340 g/mol. The van der Waals surface area contributed by atoms with Crippen molar-refractivity contribution in [2.75, 3.05) is 0 Å². The fourth-order valence-electron chi connectivity index (χ4n) is 1.62. The lowest BCUT2D eigenvalue weighted by atomic mass is 10.0. The Morgan fingerprint density at radius 2 is 2.05 bits per heavy atom. The number of aromatic hydroxyl groups is 1. The van der Waals surface area contributed by atoms with Crippen LogP contribution in [0.25, 0.3) is 11.3 Å². The van der Waals surface area contributed by atoms with Gasteiger partial charge < -0.3 is 15.4 Å². The first-order valence-electron chi connectivity index (χ1n) is 5.18. The Bertz CT molecular complexity index is 728. The third-order valence-electron chi connectivity index (χ3n) is 2.49. The topological polar surface area (TPSA) is 89.4 Å². The van der Waals surface area contributed by atoms with E-state index in [-0.39, 0.29) is 5.02 Å². The van der Waals surface area contributed by atoms with Crippen molar-refractivity contribution in [2.45, 2.75) is 5.38 Å². The smallest absolute Gasteiger partial charge is 0.383 e. The highest BCUT2D eigenvalue weighted by molar-refractivity contribution is 6.32. The maximum absolute atomic E-state index is 13.8. The molecule has 1 aromatic heterocycles. The zero-order chi connectivity index (χ0) is 15.9. The van der Waals surface area contributed by atoms with E-state index in [1.165, 1.54) is 0 Å². The molecule has 21 heavy (non-hydrogen) atoms. The van der Waals surface area contributed by atoms with Gasteiger partial charge in [0.2, 0.25) is 5.76 Å². The molecule has 0 aliphatic heterocycles. The number of phenolic OH excluding ortho intramolecular Hbond substituents is 1. The SMILES string of the molecule is NC(=O)c1c(-c2cc(O)c(Cl)cc2F)noc1C(F)(F)Cl. The summed E-state index contributed by atoms with van der Waals surface area (Å²) in [6.07, 6.45) is 0. The van der Waals surface area contributed by atoms with Crippen molar-refractivity contribution in [3.8, 4) is 17.0 Å². The fraction of sp³-hybridized carbons (Fsp3) is 0.0909. The first-order valence-corrected chi connectivity index (χ1v) is 5.93. The summed E-state index contributed by atoms with van der Waals surface area (Å²) in [7, 11) is 0. The summed E-state index contributed by atoms with van der Waals surface area (Å²) in [5, 5.41) is 8.22. The predicted molar refractivity (Wildman–Crippen MR) is 66.8 cm³/mol. The third kappa shape index (κ3) is 2.77. The van der Waals surface area contributed by atoms with Crippen molar-refractivity contribution in [2.24, 2.45) is 5.73 Å². The highest BCUT2D eigenvalue weighted by atomic mass is 35.5. The fourth-order valence-corrected chi connectivity index (χ4v) is 1.89. The zero-order valence-corrected chi connectivity index (χ0v) is 11.3. The molecule has 0 atom stereocenters. The summed E-state index contributed by atoms with van der Waals surface area (Å²) in [5.74, 6) is -4.25. The number of amides is 1. The summed E-state index contributed by atoms with van der Waals surface area (Å²) in [5.41, 5.74) is 2.96. The average molecular weight is 341 g/mol. The van der Waals surface area contributed by atoms with Crippen LogP contribution in [0, 0.1) is 5.82 Å². The first-order chi connectivity index (χ1) is 9.62. The van der Waals surface area contributed by atoms with Gasteiger partial charge in [0.15, 0.2) is 0 Å². The summed E-state index contributed by atoms with van der Waals surface area (Å²) in [6, 6.07) is 1.50. The molecule has 112 valence electrons. The van der Waals surface area contributed by atoms with Crippen molar-refractivity contribution in [3.63, 3.8) is 0 Å². The van der Waals surface area contributed by atoms with Gasteiger partial charge >= 0.3 is 5.38 Å². The highest BCUT2D eigenvalue weighted by Crippen LogP contribution is 2.40. The minimum Gasteiger partial charge on any atom is -0.506 e. The summed E-state index contributed by atoms with van der Waals surface area (Å²) >= 11 is 10.3. The van der Waals surface area contributed by atoms with Gasteiger partial charge in [-0.05, 0) is 23.7 Å². The molecule has 3 N–H and O–H groups in total. The maximum atomic E-state index is 13.8. The molecule has 0 spiro atoms. The predicted octanol–water partition coefficient (Wildman–Crippen LogP) is 3.23. The summed E-state index contributed by atoms with van der Waals surface area (Å²) < 4.78 is 44.3. The van der Waals surface area contributed by atoms with Gasteiger partial charge in [-0.3, -0.25) is 4.79 Å². The van der Waals surface area contributed by atoms with Crippen molar-refractivity contribution >= 4 is 29.1 Å². The van der Waals surface area contributed by atoms with Crippen LogP contribution in [-0.4, -0.2) is 16.2 Å². The molecule has 0 aliphatic rings. The molecule has 0 saturated carbocycles. The standard InChI is InChI=1S/C11H5Cl2F3N2O3/c12-4-2-5(14)3(1-6(4)19)8-7(10(17)20)9(21-18-8)11(13,15)16/h1-2,19H,(H2,17,20). The van der Waals surface area contributed by atoms with Gasteiger partial charge in [-0.25, -0.2) is 4.39 Å². The van der Waals surface area contributed by atoms with Gasteiger partial charge in [0.25, 0.3) is 5.91 Å². The average Bonchev–Trinajstić information content (AvgIpc) is 2.78. The second-order valence-corrected chi connectivity index (χ2v) is 4.76. The van der Waals surface area contributed by atoms with E-state index < -0.39 is 45.4 Å².